The topological polar surface area (TPSA) is 15.3 Å². The second-order valence-corrected chi connectivity index (χ2v) is 5.27. The first-order valence-electron chi connectivity index (χ1n) is 7.29. The van der Waals surface area contributed by atoms with Crippen molar-refractivity contribution in [3.63, 3.8) is 0 Å². The molecule has 1 aliphatic heterocycles. The number of allylic oxidation sites excluding steroid dienone is 2. The van der Waals surface area contributed by atoms with Gasteiger partial charge in [0, 0.05) is 11.3 Å². The van der Waals surface area contributed by atoms with Crippen LogP contribution in [-0.4, -0.2) is 5.01 Å². The monoisotopic (exact) mass is 268 g/mol. The molecule has 1 aromatic carbocycles. The quantitative estimate of drug-likeness (QED) is 0.582. The van der Waals surface area contributed by atoms with Gasteiger partial charge in [0.1, 0.15) is 0 Å². The maximum Gasteiger partial charge on any atom is 0.0651 e. The van der Waals surface area contributed by atoms with Crippen molar-refractivity contribution in [3.8, 4) is 0 Å². The first kappa shape index (κ1) is 14.4. The van der Waals surface area contributed by atoms with E-state index in [0.717, 1.165) is 43.6 Å². The van der Waals surface area contributed by atoms with E-state index in [2.05, 4.69) is 55.3 Å². The van der Waals surface area contributed by atoms with Crippen molar-refractivity contribution in [1.82, 2.24) is 10.4 Å². The average Bonchev–Trinajstić information content (AvgIpc) is 2.75. The lowest BCUT2D eigenvalue weighted by molar-refractivity contribution is 0.326. The number of hydrazine groups is 1. The molecule has 0 saturated heterocycles. The molecule has 0 amide bonds. The van der Waals surface area contributed by atoms with E-state index in [1.54, 1.807) is 0 Å². The number of hydrogen-bond acceptors (Lipinski definition) is 2. The second-order valence-electron chi connectivity index (χ2n) is 5.27. The van der Waals surface area contributed by atoms with E-state index in [0.29, 0.717) is 0 Å². The molecule has 2 rings (SSSR count). The third kappa shape index (κ3) is 3.13. The zero-order valence-corrected chi connectivity index (χ0v) is 12.4. The summed E-state index contributed by atoms with van der Waals surface area (Å²) in [6, 6.07) is 6.65. The smallest absolute Gasteiger partial charge is 0.0651 e. The van der Waals surface area contributed by atoms with Crippen LogP contribution in [0.25, 0.3) is 5.70 Å². The van der Waals surface area contributed by atoms with Gasteiger partial charge in [0.05, 0.1) is 12.2 Å². The van der Waals surface area contributed by atoms with Crippen LogP contribution in [0.4, 0.5) is 0 Å². The summed E-state index contributed by atoms with van der Waals surface area (Å²) in [5, 5.41) is 2.10. The van der Waals surface area contributed by atoms with Gasteiger partial charge in [-0.2, -0.15) is 0 Å². The summed E-state index contributed by atoms with van der Waals surface area (Å²) in [6.07, 6.45) is 6.10. The van der Waals surface area contributed by atoms with Crippen molar-refractivity contribution in [1.29, 1.82) is 0 Å². The van der Waals surface area contributed by atoms with E-state index < -0.39 is 0 Å². The van der Waals surface area contributed by atoms with Gasteiger partial charge >= 0.3 is 0 Å². The molecule has 20 heavy (non-hydrogen) atoms. The van der Waals surface area contributed by atoms with Gasteiger partial charge in [-0.1, -0.05) is 44.4 Å². The van der Waals surface area contributed by atoms with Crippen LogP contribution in [0.15, 0.2) is 49.7 Å². The molecule has 1 heterocycles. The van der Waals surface area contributed by atoms with Crippen LogP contribution in [0.1, 0.15) is 42.9 Å². The molecule has 1 aliphatic rings. The number of benzene rings is 1. The molecule has 0 spiro atoms. The third-order valence-corrected chi connectivity index (χ3v) is 3.72. The van der Waals surface area contributed by atoms with Crippen LogP contribution in [0, 0.1) is 0 Å². The number of unbranched alkanes of at least 4 members (excludes halogenated alkanes) is 1. The van der Waals surface area contributed by atoms with Crippen LogP contribution in [-0.2, 0) is 13.0 Å². The molecule has 2 nitrogen and oxygen atoms in total. The minimum Gasteiger partial charge on any atom is -0.303 e. The standard InChI is InChI=1S/C18H24N2/c1-5-7-8-9-14(3)19-20-13-17-12-16(6-2)10-11-18(17)15(20)4/h5,10-12,19H,1,3-4,6-9,13H2,2H3. The van der Waals surface area contributed by atoms with E-state index in [-0.39, 0.29) is 0 Å². The average molecular weight is 268 g/mol. The molecule has 1 aromatic rings. The zero-order chi connectivity index (χ0) is 14.5. The second kappa shape index (κ2) is 6.47. The minimum atomic E-state index is 0.864. The molecule has 0 unspecified atom stereocenters. The summed E-state index contributed by atoms with van der Waals surface area (Å²) in [4.78, 5) is 0. The van der Waals surface area contributed by atoms with Crippen molar-refractivity contribution in [2.75, 3.05) is 0 Å². The fourth-order valence-electron chi connectivity index (χ4n) is 2.50. The van der Waals surface area contributed by atoms with Crippen LogP contribution >= 0.6 is 0 Å². The Morgan fingerprint density at radius 1 is 1.45 bits per heavy atom. The van der Waals surface area contributed by atoms with Crippen molar-refractivity contribution in [2.45, 2.75) is 39.2 Å². The fraction of sp³-hybridized carbons (Fsp3) is 0.333. The Bertz CT molecular complexity index is 528. The largest absolute Gasteiger partial charge is 0.303 e. The Labute approximate surface area is 122 Å². The summed E-state index contributed by atoms with van der Waals surface area (Å²) in [5.74, 6) is 0. The fourth-order valence-corrected chi connectivity index (χ4v) is 2.50. The van der Waals surface area contributed by atoms with Crippen molar-refractivity contribution >= 4 is 5.70 Å². The van der Waals surface area contributed by atoms with Gasteiger partial charge in [0.15, 0.2) is 0 Å². The van der Waals surface area contributed by atoms with Gasteiger partial charge in [-0.05, 0) is 36.8 Å². The van der Waals surface area contributed by atoms with Gasteiger partial charge in [0.25, 0.3) is 0 Å². The third-order valence-electron chi connectivity index (χ3n) is 3.72. The van der Waals surface area contributed by atoms with Gasteiger partial charge in [-0.15, -0.1) is 6.58 Å². The Morgan fingerprint density at radius 3 is 2.95 bits per heavy atom. The number of aryl methyl sites for hydroxylation is 1. The lowest BCUT2D eigenvalue weighted by Gasteiger charge is -2.23. The molecule has 0 aliphatic carbocycles. The van der Waals surface area contributed by atoms with Crippen LogP contribution in [0.2, 0.25) is 0 Å². The first-order chi connectivity index (χ1) is 9.65. The number of nitrogens with one attached hydrogen (secondary N) is 1. The number of fused-ring (bicyclic) bond motifs is 1. The van der Waals surface area contributed by atoms with Crippen LogP contribution < -0.4 is 5.43 Å². The normalized spacial score (nSPS) is 13.2. The molecule has 0 saturated carbocycles. The lowest BCUT2D eigenvalue weighted by atomic mass is 10.0. The predicted octanol–water partition coefficient (Wildman–Crippen LogP) is 4.41. The molecule has 0 radical (unpaired) electrons. The van der Waals surface area contributed by atoms with Gasteiger partial charge < -0.3 is 5.43 Å². The summed E-state index contributed by atoms with van der Waals surface area (Å²) in [5.41, 5.74) is 9.42. The van der Waals surface area contributed by atoms with E-state index >= 15 is 0 Å². The highest BCUT2D eigenvalue weighted by atomic mass is 15.5. The molecular formula is C18H24N2. The summed E-state index contributed by atoms with van der Waals surface area (Å²) >= 11 is 0. The van der Waals surface area contributed by atoms with Gasteiger partial charge in [0.2, 0.25) is 0 Å². The summed E-state index contributed by atoms with van der Waals surface area (Å²) in [7, 11) is 0. The Hall–Kier alpha value is -1.96. The molecule has 0 atom stereocenters. The van der Waals surface area contributed by atoms with Crippen LogP contribution in [0.5, 0.6) is 0 Å². The van der Waals surface area contributed by atoms with Crippen molar-refractivity contribution in [3.05, 3.63) is 66.4 Å². The highest BCUT2D eigenvalue weighted by Crippen LogP contribution is 2.31. The van der Waals surface area contributed by atoms with E-state index in [1.165, 1.54) is 16.7 Å². The Kier molecular flexibility index (Phi) is 4.67. The lowest BCUT2D eigenvalue weighted by Crippen LogP contribution is -2.31. The van der Waals surface area contributed by atoms with Crippen molar-refractivity contribution < 1.29 is 0 Å². The van der Waals surface area contributed by atoms with Gasteiger partial charge in [-0.3, -0.25) is 5.01 Å². The van der Waals surface area contributed by atoms with Gasteiger partial charge in [-0.25, -0.2) is 0 Å². The minimum absolute atomic E-state index is 0.864. The maximum absolute atomic E-state index is 4.19. The molecule has 2 heteroatoms. The molecular weight excluding hydrogens is 244 g/mol. The van der Waals surface area contributed by atoms with E-state index in [9.17, 15) is 0 Å². The highest BCUT2D eigenvalue weighted by molar-refractivity contribution is 5.69. The summed E-state index contributed by atoms with van der Waals surface area (Å²) < 4.78 is 0. The molecule has 0 bridgehead atoms. The zero-order valence-electron chi connectivity index (χ0n) is 12.4. The maximum atomic E-state index is 4.19. The number of nitrogens with zero attached hydrogens (tertiary/aromatic N) is 1. The van der Waals surface area contributed by atoms with E-state index in [1.807, 2.05) is 6.08 Å². The SMILES string of the molecule is C=CCCCC(=C)NN1Cc2cc(CC)ccc2C1=C. The van der Waals surface area contributed by atoms with Crippen LogP contribution in [0.3, 0.4) is 0 Å². The molecule has 106 valence electrons. The van der Waals surface area contributed by atoms with Crippen molar-refractivity contribution in [2.24, 2.45) is 0 Å². The Balaban J connectivity index is 1.98. The molecule has 0 fully saturated rings. The molecule has 1 N–H and O–H groups in total. The predicted molar refractivity (Wildman–Crippen MR) is 86.7 cm³/mol. The number of rotatable bonds is 7. The summed E-state index contributed by atoms with van der Waals surface area (Å²) in [6.45, 7) is 15.1. The highest BCUT2D eigenvalue weighted by Gasteiger charge is 2.22. The first-order valence-corrected chi connectivity index (χ1v) is 7.29. The number of hydrogen-bond donors (Lipinski definition) is 1. The Morgan fingerprint density at radius 2 is 2.25 bits per heavy atom. The molecule has 0 aromatic heterocycles. The van der Waals surface area contributed by atoms with E-state index in [4.69, 9.17) is 0 Å².